The molecule has 0 aromatic heterocycles. The molecule has 1 aliphatic heterocycles. The Morgan fingerprint density at radius 3 is 2.52 bits per heavy atom. The van der Waals surface area contributed by atoms with Gasteiger partial charge in [-0.05, 0) is 34.9 Å². The molecule has 3 aromatic carbocycles. The monoisotopic (exact) mass is 388 g/mol. The number of carboxylic acids is 1. The summed E-state index contributed by atoms with van der Waals surface area (Å²) < 4.78 is 6.00. The summed E-state index contributed by atoms with van der Waals surface area (Å²) in [5, 5.41) is 12.0. The Morgan fingerprint density at radius 1 is 1.03 bits per heavy atom. The molecule has 0 saturated carbocycles. The van der Waals surface area contributed by atoms with Gasteiger partial charge < -0.3 is 20.9 Å². The van der Waals surface area contributed by atoms with Crippen LogP contribution in [-0.2, 0) is 22.6 Å². The molecule has 146 valence electrons. The van der Waals surface area contributed by atoms with Gasteiger partial charge in [-0.3, -0.25) is 9.59 Å². The number of carbonyl (C=O) groups excluding carboxylic acids is 1. The summed E-state index contributed by atoms with van der Waals surface area (Å²) in [5.74, 6) is -0.856. The first-order valence-electron chi connectivity index (χ1n) is 9.25. The van der Waals surface area contributed by atoms with Gasteiger partial charge in [-0.2, -0.15) is 0 Å². The second-order valence-electron chi connectivity index (χ2n) is 6.88. The molecular formula is C23H20N2O4. The van der Waals surface area contributed by atoms with Crippen LogP contribution in [0.3, 0.4) is 0 Å². The van der Waals surface area contributed by atoms with Gasteiger partial charge >= 0.3 is 5.97 Å². The van der Waals surface area contributed by atoms with E-state index in [1.165, 1.54) is 0 Å². The molecule has 4 N–H and O–H groups in total. The van der Waals surface area contributed by atoms with Crippen LogP contribution in [0.15, 0.2) is 66.7 Å². The van der Waals surface area contributed by atoms with Crippen LogP contribution in [0.5, 0.6) is 5.75 Å². The summed E-state index contributed by atoms with van der Waals surface area (Å²) >= 11 is 0. The van der Waals surface area contributed by atoms with Crippen LogP contribution in [-0.4, -0.2) is 17.0 Å². The first kappa shape index (κ1) is 18.7. The Hall–Kier alpha value is -3.64. The fraction of sp³-hybridized carbons (Fsp3) is 0.130. The first-order valence-corrected chi connectivity index (χ1v) is 9.25. The van der Waals surface area contributed by atoms with Crippen LogP contribution in [0.1, 0.15) is 22.8 Å². The van der Waals surface area contributed by atoms with Crippen LogP contribution in [0, 0.1) is 0 Å². The predicted molar refractivity (Wildman–Crippen MR) is 110 cm³/mol. The van der Waals surface area contributed by atoms with Crippen molar-refractivity contribution in [3.05, 3.63) is 83.4 Å². The van der Waals surface area contributed by atoms with Crippen LogP contribution >= 0.6 is 0 Å². The smallest absolute Gasteiger partial charge is 0.307 e. The van der Waals surface area contributed by atoms with E-state index in [1.54, 1.807) is 18.2 Å². The molecule has 0 fully saturated rings. The lowest BCUT2D eigenvalue weighted by molar-refractivity contribution is -0.136. The average Bonchev–Trinajstić information content (AvgIpc) is 2.73. The lowest BCUT2D eigenvalue weighted by Gasteiger charge is -2.28. The second-order valence-corrected chi connectivity index (χ2v) is 6.88. The zero-order chi connectivity index (χ0) is 20.4. The molecule has 1 aliphatic rings. The molecule has 29 heavy (non-hydrogen) atoms. The number of carbonyl (C=O) groups is 2. The number of nitrogens with one attached hydrogen (secondary N) is 1. The van der Waals surface area contributed by atoms with Gasteiger partial charge in [0.05, 0.1) is 12.1 Å². The van der Waals surface area contributed by atoms with Crippen LogP contribution < -0.4 is 15.8 Å². The third-order valence-corrected chi connectivity index (χ3v) is 4.86. The number of rotatable bonds is 5. The zero-order valence-corrected chi connectivity index (χ0v) is 15.6. The van der Waals surface area contributed by atoms with Crippen molar-refractivity contribution < 1.29 is 19.4 Å². The Labute approximate surface area is 167 Å². The van der Waals surface area contributed by atoms with Gasteiger partial charge in [-0.25, -0.2) is 0 Å². The number of para-hydroxylation sites is 1. The molecule has 1 atom stereocenters. The highest BCUT2D eigenvalue weighted by Crippen LogP contribution is 2.38. The minimum atomic E-state index is -0.961. The van der Waals surface area contributed by atoms with E-state index in [9.17, 15) is 9.59 Å². The number of ether oxygens (including phenoxy) is 1. The van der Waals surface area contributed by atoms with Gasteiger partial charge in [0.2, 0.25) is 6.10 Å². The Morgan fingerprint density at radius 2 is 1.76 bits per heavy atom. The Bertz CT molecular complexity index is 1090. The number of hydrogen-bond donors (Lipinski definition) is 3. The molecule has 0 saturated heterocycles. The van der Waals surface area contributed by atoms with Crippen LogP contribution in [0.2, 0.25) is 0 Å². The number of hydrogen-bond acceptors (Lipinski definition) is 4. The summed E-state index contributed by atoms with van der Waals surface area (Å²) in [5.41, 5.74) is 10.4. The van der Waals surface area contributed by atoms with Gasteiger partial charge in [0.25, 0.3) is 5.91 Å². The molecule has 3 aromatic rings. The molecule has 4 rings (SSSR count). The summed E-state index contributed by atoms with van der Waals surface area (Å²) in [6.07, 6.45) is -1.05. The van der Waals surface area contributed by atoms with Crippen molar-refractivity contribution >= 4 is 17.6 Å². The van der Waals surface area contributed by atoms with Gasteiger partial charge in [-0.1, -0.05) is 48.5 Å². The highest BCUT2D eigenvalue weighted by Gasteiger charge is 2.31. The van der Waals surface area contributed by atoms with Gasteiger partial charge in [-0.15, -0.1) is 0 Å². The summed E-state index contributed by atoms with van der Waals surface area (Å²) in [6.45, 7) is 0.449. The van der Waals surface area contributed by atoms with Crippen molar-refractivity contribution in [1.29, 1.82) is 0 Å². The molecule has 0 radical (unpaired) electrons. The van der Waals surface area contributed by atoms with Crippen molar-refractivity contribution in [3.8, 4) is 16.9 Å². The molecule has 0 aliphatic carbocycles. The molecule has 1 heterocycles. The molecule has 6 nitrogen and oxygen atoms in total. The Balaban J connectivity index is 1.69. The summed E-state index contributed by atoms with van der Waals surface area (Å²) in [4.78, 5) is 23.8. The highest BCUT2D eigenvalue weighted by molar-refractivity contribution is 5.99. The molecule has 6 heteroatoms. The number of nitrogens with two attached hydrogens (primary N) is 1. The summed E-state index contributed by atoms with van der Waals surface area (Å²) in [7, 11) is 0. The van der Waals surface area contributed by atoms with E-state index in [2.05, 4.69) is 5.32 Å². The van der Waals surface area contributed by atoms with E-state index in [4.69, 9.17) is 15.6 Å². The standard InChI is InChI=1S/C23H20N2O4/c24-13-14-4-1-5-15(10-14)16-6-2-7-17(11-16)22-23(28)25-19-9-3-8-18(12-20(26)27)21(19)29-22/h1-11,22H,12-13,24H2,(H,25,28)(H,26,27). The summed E-state index contributed by atoms with van der Waals surface area (Å²) in [6, 6.07) is 20.6. The second kappa shape index (κ2) is 7.77. The van der Waals surface area contributed by atoms with E-state index in [1.807, 2.05) is 48.5 Å². The number of aliphatic carboxylic acids is 1. The van der Waals surface area contributed by atoms with E-state index in [-0.39, 0.29) is 12.3 Å². The zero-order valence-electron chi connectivity index (χ0n) is 15.6. The maximum absolute atomic E-state index is 12.7. The third-order valence-electron chi connectivity index (χ3n) is 4.86. The van der Waals surface area contributed by atoms with E-state index in [0.717, 1.165) is 16.7 Å². The molecule has 1 unspecified atom stereocenters. The minimum absolute atomic E-state index is 0.183. The number of amides is 1. The van der Waals surface area contributed by atoms with Crippen LogP contribution in [0.4, 0.5) is 5.69 Å². The van der Waals surface area contributed by atoms with Gasteiger partial charge in [0.1, 0.15) is 5.75 Å². The average molecular weight is 388 g/mol. The topological polar surface area (TPSA) is 102 Å². The van der Waals surface area contributed by atoms with Crippen molar-refractivity contribution in [2.45, 2.75) is 19.1 Å². The quantitative estimate of drug-likeness (QED) is 0.621. The number of fused-ring (bicyclic) bond motifs is 1. The SMILES string of the molecule is NCc1cccc(-c2cccc(C3Oc4c(CC(=O)O)cccc4NC3=O)c2)c1. The Kier molecular flexibility index (Phi) is 5.01. The fourth-order valence-corrected chi connectivity index (χ4v) is 3.47. The lowest BCUT2D eigenvalue weighted by Crippen LogP contribution is -2.30. The van der Waals surface area contributed by atoms with Crippen LogP contribution in [0.25, 0.3) is 11.1 Å². The molecular weight excluding hydrogens is 368 g/mol. The van der Waals surface area contributed by atoms with Gasteiger partial charge in [0, 0.05) is 17.7 Å². The number of carboxylic acid groups (broad SMARTS) is 1. The van der Waals surface area contributed by atoms with Crippen molar-refractivity contribution in [1.82, 2.24) is 0 Å². The predicted octanol–water partition coefficient (Wildman–Crippen LogP) is 3.51. The first-order chi connectivity index (χ1) is 14.0. The van der Waals surface area contributed by atoms with Crippen molar-refractivity contribution in [3.63, 3.8) is 0 Å². The largest absolute Gasteiger partial charge is 0.481 e. The number of benzene rings is 3. The lowest BCUT2D eigenvalue weighted by atomic mass is 9.98. The maximum Gasteiger partial charge on any atom is 0.307 e. The van der Waals surface area contributed by atoms with E-state index < -0.39 is 12.1 Å². The van der Waals surface area contributed by atoms with Gasteiger partial charge in [0.15, 0.2) is 0 Å². The fourth-order valence-electron chi connectivity index (χ4n) is 3.47. The highest BCUT2D eigenvalue weighted by atomic mass is 16.5. The maximum atomic E-state index is 12.7. The number of anilines is 1. The van der Waals surface area contributed by atoms with E-state index >= 15 is 0 Å². The minimum Gasteiger partial charge on any atom is -0.481 e. The van der Waals surface area contributed by atoms with E-state index in [0.29, 0.717) is 29.1 Å². The molecule has 1 amide bonds. The normalized spacial score (nSPS) is 15.2. The van der Waals surface area contributed by atoms with Crippen molar-refractivity contribution in [2.24, 2.45) is 5.73 Å². The third kappa shape index (κ3) is 3.83. The van der Waals surface area contributed by atoms with Crippen molar-refractivity contribution in [2.75, 3.05) is 5.32 Å². The molecule has 0 bridgehead atoms. The molecule has 0 spiro atoms.